The second-order valence-electron chi connectivity index (χ2n) is 7.31. The van der Waals surface area contributed by atoms with Gasteiger partial charge in [-0.15, -0.1) is 4.40 Å². The number of nitrogens with one attached hydrogen (secondary N) is 1. The third-order valence-corrected chi connectivity index (χ3v) is 6.18. The van der Waals surface area contributed by atoms with Crippen molar-refractivity contribution in [1.82, 2.24) is 14.7 Å². The summed E-state index contributed by atoms with van der Waals surface area (Å²) in [4.78, 5) is 14.2. The van der Waals surface area contributed by atoms with Gasteiger partial charge in [0.05, 0.1) is 11.1 Å². The van der Waals surface area contributed by atoms with Gasteiger partial charge < -0.3 is 10.2 Å². The van der Waals surface area contributed by atoms with Crippen LogP contribution in [0.2, 0.25) is 0 Å². The SMILES string of the molecule is CN1CCCCC/C1=N\S(=O)(=O)c1cccc(NC(=O)CCc2cnn(C)c2)c1. The van der Waals surface area contributed by atoms with Gasteiger partial charge >= 0.3 is 0 Å². The molecule has 1 aromatic heterocycles. The summed E-state index contributed by atoms with van der Waals surface area (Å²) >= 11 is 0. The molecular formula is C20H27N5O3S. The standard InChI is InChI=1S/C20H27N5O3S/c1-24-12-5-3-4-9-19(24)23-29(27,28)18-8-6-7-17(13-18)22-20(26)11-10-16-14-21-25(2)15-16/h6-8,13-15H,3-5,9-12H2,1-2H3,(H,22,26)/b23-19+. The van der Waals surface area contributed by atoms with Crippen molar-refractivity contribution < 1.29 is 13.2 Å². The van der Waals surface area contributed by atoms with Crippen LogP contribution in [0.1, 0.15) is 37.7 Å². The van der Waals surface area contributed by atoms with E-state index in [0.29, 0.717) is 24.4 Å². The molecule has 0 spiro atoms. The van der Waals surface area contributed by atoms with E-state index in [-0.39, 0.29) is 17.2 Å². The van der Waals surface area contributed by atoms with Crippen molar-refractivity contribution in [2.24, 2.45) is 11.4 Å². The number of carbonyl (C=O) groups is 1. The Kier molecular flexibility index (Phi) is 6.68. The number of benzene rings is 1. The molecule has 156 valence electrons. The lowest BCUT2D eigenvalue weighted by Crippen LogP contribution is -2.26. The number of amides is 1. The van der Waals surface area contributed by atoms with Crippen molar-refractivity contribution in [1.29, 1.82) is 0 Å². The highest BCUT2D eigenvalue weighted by Gasteiger charge is 2.19. The van der Waals surface area contributed by atoms with E-state index in [9.17, 15) is 13.2 Å². The largest absolute Gasteiger partial charge is 0.362 e. The van der Waals surface area contributed by atoms with Crippen LogP contribution in [0.25, 0.3) is 0 Å². The second-order valence-corrected chi connectivity index (χ2v) is 8.92. The van der Waals surface area contributed by atoms with Gasteiger partial charge in [0.2, 0.25) is 5.91 Å². The van der Waals surface area contributed by atoms with Gasteiger partial charge in [-0.05, 0) is 43.0 Å². The van der Waals surface area contributed by atoms with Gasteiger partial charge in [-0.2, -0.15) is 13.5 Å². The first-order valence-corrected chi connectivity index (χ1v) is 11.2. The Balaban J connectivity index is 1.68. The Labute approximate surface area is 171 Å². The normalized spacial score (nSPS) is 16.6. The van der Waals surface area contributed by atoms with Crippen molar-refractivity contribution >= 4 is 27.5 Å². The molecule has 1 amide bonds. The molecule has 0 bridgehead atoms. The fourth-order valence-electron chi connectivity index (χ4n) is 3.25. The van der Waals surface area contributed by atoms with E-state index in [1.165, 1.54) is 12.1 Å². The molecule has 0 aliphatic carbocycles. The molecule has 9 heteroatoms. The van der Waals surface area contributed by atoms with Crippen molar-refractivity contribution in [3.63, 3.8) is 0 Å². The molecule has 0 unspecified atom stereocenters. The number of nitrogens with zero attached hydrogens (tertiary/aromatic N) is 4. The number of rotatable bonds is 6. The minimum Gasteiger partial charge on any atom is -0.362 e. The van der Waals surface area contributed by atoms with Gasteiger partial charge in [0, 0.05) is 45.4 Å². The highest BCUT2D eigenvalue weighted by Crippen LogP contribution is 2.20. The molecule has 0 atom stereocenters. The Bertz CT molecular complexity index is 997. The lowest BCUT2D eigenvalue weighted by atomic mass is 10.2. The van der Waals surface area contributed by atoms with Crippen molar-refractivity contribution in [3.05, 3.63) is 42.2 Å². The molecule has 2 heterocycles. The average Bonchev–Trinajstić information content (AvgIpc) is 3.00. The van der Waals surface area contributed by atoms with Gasteiger partial charge in [0.25, 0.3) is 10.0 Å². The minimum atomic E-state index is -3.84. The van der Waals surface area contributed by atoms with Gasteiger partial charge in [0.1, 0.15) is 5.84 Å². The number of likely N-dealkylation sites (tertiary alicyclic amines) is 1. The smallest absolute Gasteiger partial charge is 0.284 e. The van der Waals surface area contributed by atoms with Crippen LogP contribution in [0.5, 0.6) is 0 Å². The second kappa shape index (κ2) is 9.21. The summed E-state index contributed by atoms with van der Waals surface area (Å²) in [7, 11) is -0.137. The van der Waals surface area contributed by atoms with Crippen LogP contribution in [0.3, 0.4) is 0 Å². The topological polar surface area (TPSA) is 96.7 Å². The monoisotopic (exact) mass is 417 g/mol. The molecule has 2 aromatic rings. The van der Waals surface area contributed by atoms with Crippen LogP contribution in [-0.4, -0.2) is 48.4 Å². The maximum Gasteiger partial charge on any atom is 0.284 e. The Morgan fingerprint density at radius 3 is 2.83 bits per heavy atom. The van der Waals surface area contributed by atoms with Crippen LogP contribution < -0.4 is 5.32 Å². The van der Waals surface area contributed by atoms with Gasteiger partial charge in [-0.25, -0.2) is 0 Å². The molecule has 3 rings (SSSR count). The van der Waals surface area contributed by atoms with Gasteiger partial charge in [-0.3, -0.25) is 9.48 Å². The Morgan fingerprint density at radius 1 is 1.24 bits per heavy atom. The highest BCUT2D eigenvalue weighted by molar-refractivity contribution is 7.90. The highest BCUT2D eigenvalue weighted by atomic mass is 32.2. The van der Waals surface area contributed by atoms with Gasteiger partial charge in [-0.1, -0.05) is 12.5 Å². The predicted molar refractivity (Wildman–Crippen MR) is 112 cm³/mol. The number of hydrogen-bond acceptors (Lipinski definition) is 4. The van der Waals surface area contributed by atoms with Crippen molar-refractivity contribution in [2.75, 3.05) is 18.9 Å². The zero-order valence-electron chi connectivity index (χ0n) is 16.8. The molecule has 29 heavy (non-hydrogen) atoms. The van der Waals surface area contributed by atoms with Gasteiger partial charge in [0.15, 0.2) is 0 Å². The molecule has 8 nitrogen and oxygen atoms in total. The molecule has 1 aliphatic rings. The van der Waals surface area contributed by atoms with E-state index in [2.05, 4.69) is 14.8 Å². The quantitative estimate of drug-likeness (QED) is 0.779. The number of aromatic nitrogens is 2. The third-order valence-electron chi connectivity index (χ3n) is 4.87. The van der Waals surface area contributed by atoms with Crippen LogP contribution in [-0.2, 0) is 28.3 Å². The van der Waals surface area contributed by atoms with Crippen molar-refractivity contribution in [2.45, 2.75) is 43.4 Å². The first kappa shape index (κ1) is 21.0. The van der Waals surface area contributed by atoms with Crippen LogP contribution >= 0.6 is 0 Å². The first-order chi connectivity index (χ1) is 13.8. The summed E-state index contributed by atoms with van der Waals surface area (Å²) in [5, 5.41) is 6.84. The van der Waals surface area contributed by atoms with E-state index in [1.807, 2.05) is 25.2 Å². The third kappa shape index (κ3) is 5.90. The van der Waals surface area contributed by atoms with E-state index >= 15 is 0 Å². The number of sulfonamides is 1. The summed E-state index contributed by atoms with van der Waals surface area (Å²) in [5.74, 6) is 0.409. The molecule has 1 N–H and O–H groups in total. The molecule has 1 saturated heterocycles. The van der Waals surface area contributed by atoms with E-state index < -0.39 is 10.0 Å². The molecule has 1 aliphatic heterocycles. The van der Waals surface area contributed by atoms with Crippen LogP contribution in [0, 0.1) is 0 Å². The maximum absolute atomic E-state index is 12.8. The molecule has 1 aromatic carbocycles. The number of aryl methyl sites for hydroxylation is 2. The average molecular weight is 418 g/mol. The summed E-state index contributed by atoms with van der Waals surface area (Å²) in [6.07, 6.45) is 8.15. The number of amidine groups is 1. The zero-order valence-corrected chi connectivity index (χ0v) is 17.7. The van der Waals surface area contributed by atoms with E-state index in [4.69, 9.17) is 0 Å². The molecule has 0 radical (unpaired) electrons. The summed E-state index contributed by atoms with van der Waals surface area (Å²) in [6, 6.07) is 6.24. The summed E-state index contributed by atoms with van der Waals surface area (Å²) in [5.41, 5.74) is 1.42. The van der Waals surface area contributed by atoms with Crippen LogP contribution in [0.4, 0.5) is 5.69 Å². The number of hydrogen-bond donors (Lipinski definition) is 1. The van der Waals surface area contributed by atoms with E-state index in [1.54, 1.807) is 23.0 Å². The molecule has 0 saturated carbocycles. The minimum absolute atomic E-state index is 0.0766. The van der Waals surface area contributed by atoms with Crippen molar-refractivity contribution in [3.8, 4) is 0 Å². The zero-order chi connectivity index (χ0) is 20.9. The fraction of sp³-hybridized carbons (Fsp3) is 0.450. The lowest BCUT2D eigenvalue weighted by Gasteiger charge is -2.17. The maximum atomic E-state index is 12.8. The first-order valence-electron chi connectivity index (χ1n) is 9.76. The Morgan fingerprint density at radius 2 is 2.07 bits per heavy atom. The number of carbonyl (C=O) groups excluding carboxylic acids is 1. The lowest BCUT2D eigenvalue weighted by molar-refractivity contribution is -0.116. The number of anilines is 1. The fourth-order valence-corrected chi connectivity index (χ4v) is 4.39. The van der Waals surface area contributed by atoms with Crippen LogP contribution in [0.15, 0.2) is 46.0 Å². The summed E-state index contributed by atoms with van der Waals surface area (Å²) < 4.78 is 31.3. The van der Waals surface area contributed by atoms with E-state index in [0.717, 1.165) is 31.4 Å². The Hall–Kier alpha value is -2.68. The molecular weight excluding hydrogens is 390 g/mol. The predicted octanol–water partition coefficient (Wildman–Crippen LogP) is 2.58. The molecule has 1 fully saturated rings. The summed E-state index contributed by atoms with van der Waals surface area (Å²) in [6.45, 7) is 0.807.